The number of fused-ring (bicyclic) bond motifs is 1. The van der Waals surface area contributed by atoms with Crippen molar-refractivity contribution in [3.8, 4) is 5.69 Å². The van der Waals surface area contributed by atoms with Crippen molar-refractivity contribution in [2.45, 2.75) is 13.0 Å². The van der Waals surface area contributed by atoms with E-state index in [1.165, 1.54) is 10.8 Å². The Balaban J connectivity index is 1.58. The summed E-state index contributed by atoms with van der Waals surface area (Å²) < 4.78 is 1.51. The van der Waals surface area contributed by atoms with Crippen LogP contribution in [0.2, 0.25) is 10.3 Å². The SMILES string of the molecule is C[C@H](Nc1nc(Cl)ncc1NC(=O)c1ccccc1)c1nc2cccc(Cl)c2c(=O)n1-c1ccccc1. The number of anilines is 2. The van der Waals surface area contributed by atoms with Crippen molar-refractivity contribution in [1.29, 1.82) is 0 Å². The summed E-state index contributed by atoms with van der Waals surface area (Å²) >= 11 is 12.5. The van der Waals surface area contributed by atoms with Crippen molar-refractivity contribution < 1.29 is 4.79 Å². The van der Waals surface area contributed by atoms with Gasteiger partial charge in [-0.1, -0.05) is 54.1 Å². The Morgan fingerprint density at radius 2 is 1.62 bits per heavy atom. The second-order valence-corrected chi connectivity index (χ2v) is 8.91. The monoisotopic (exact) mass is 530 g/mol. The van der Waals surface area contributed by atoms with Gasteiger partial charge in [-0.2, -0.15) is 4.98 Å². The third-order valence-corrected chi connectivity index (χ3v) is 6.17. The molecule has 1 atom stereocenters. The van der Waals surface area contributed by atoms with Gasteiger partial charge in [0.05, 0.1) is 33.9 Å². The quantitative estimate of drug-likeness (QED) is 0.264. The zero-order valence-electron chi connectivity index (χ0n) is 19.5. The minimum absolute atomic E-state index is 0.00823. The number of nitrogens with zero attached hydrogens (tertiary/aromatic N) is 4. The average molecular weight is 531 g/mol. The number of hydrogen-bond acceptors (Lipinski definition) is 6. The van der Waals surface area contributed by atoms with Gasteiger partial charge in [0.15, 0.2) is 5.82 Å². The molecule has 0 unspecified atom stereocenters. The fourth-order valence-electron chi connectivity index (χ4n) is 3.94. The third kappa shape index (κ3) is 5.02. The molecule has 0 saturated carbocycles. The zero-order valence-corrected chi connectivity index (χ0v) is 21.0. The van der Waals surface area contributed by atoms with E-state index in [1.807, 2.05) is 43.3 Å². The zero-order chi connectivity index (χ0) is 25.9. The molecule has 2 aromatic heterocycles. The predicted octanol–water partition coefficient (Wildman–Crippen LogP) is 5.91. The Morgan fingerprint density at radius 1 is 0.919 bits per heavy atom. The number of amides is 1. The first-order valence-corrected chi connectivity index (χ1v) is 12.1. The molecule has 0 bridgehead atoms. The van der Waals surface area contributed by atoms with Crippen molar-refractivity contribution in [1.82, 2.24) is 19.5 Å². The molecular formula is C27H20Cl2N6O2. The molecule has 0 aliphatic carbocycles. The summed E-state index contributed by atoms with van der Waals surface area (Å²) in [5.74, 6) is 0.361. The molecule has 5 aromatic rings. The predicted molar refractivity (Wildman–Crippen MR) is 146 cm³/mol. The first-order valence-electron chi connectivity index (χ1n) is 11.3. The molecule has 184 valence electrons. The minimum atomic E-state index is -0.547. The van der Waals surface area contributed by atoms with Crippen molar-refractivity contribution in [2.75, 3.05) is 10.6 Å². The third-order valence-electron chi connectivity index (χ3n) is 5.67. The van der Waals surface area contributed by atoms with Crippen molar-refractivity contribution in [3.63, 3.8) is 0 Å². The molecule has 0 radical (unpaired) electrons. The molecular weight excluding hydrogens is 511 g/mol. The number of benzene rings is 3. The number of carbonyl (C=O) groups is 1. The van der Waals surface area contributed by atoms with Crippen LogP contribution in [0.3, 0.4) is 0 Å². The van der Waals surface area contributed by atoms with Crippen molar-refractivity contribution >= 4 is 51.5 Å². The van der Waals surface area contributed by atoms with E-state index in [2.05, 4.69) is 20.6 Å². The molecule has 2 heterocycles. The topological polar surface area (TPSA) is 102 Å². The maximum absolute atomic E-state index is 13.7. The van der Waals surface area contributed by atoms with E-state index < -0.39 is 6.04 Å². The van der Waals surface area contributed by atoms with Crippen LogP contribution in [0.15, 0.2) is 89.9 Å². The van der Waals surface area contributed by atoms with Gasteiger partial charge in [-0.3, -0.25) is 14.2 Å². The fraction of sp³-hybridized carbons (Fsp3) is 0.0741. The lowest BCUT2D eigenvalue weighted by Crippen LogP contribution is -2.28. The van der Waals surface area contributed by atoms with Gasteiger partial charge in [0.2, 0.25) is 5.28 Å². The normalized spacial score (nSPS) is 11.8. The van der Waals surface area contributed by atoms with Gasteiger partial charge in [-0.05, 0) is 54.9 Å². The molecule has 2 N–H and O–H groups in total. The second-order valence-electron chi connectivity index (χ2n) is 8.17. The smallest absolute Gasteiger partial charge is 0.267 e. The number of nitrogens with one attached hydrogen (secondary N) is 2. The van der Waals surface area contributed by atoms with Crippen LogP contribution in [-0.2, 0) is 0 Å². The summed E-state index contributed by atoms with van der Waals surface area (Å²) in [5, 5.41) is 6.69. The van der Waals surface area contributed by atoms with Crippen molar-refractivity contribution in [2.24, 2.45) is 0 Å². The van der Waals surface area contributed by atoms with E-state index in [0.717, 1.165) is 0 Å². The van der Waals surface area contributed by atoms with Gasteiger partial charge < -0.3 is 10.6 Å². The lowest BCUT2D eigenvalue weighted by Gasteiger charge is -2.21. The number of carbonyl (C=O) groups excluding carboxylic acids is 1. The molecule has 0 aliphatic rings. The van der Waals surface area contributed by atoms with E-state index in [4.69, 9.17) is 28.2 Å². The van der Waals surface area contributed by atoms with E-state index in [-0.39, 0.29) is 22.6 Å². The molecule has 3 aromatic carbocycles. The lowest BCUT2D eigenvalue weighted by atomic mass is 10.2. The highest BCUT2D eigenvalue weighted by atomic mass is 35.5. The first kappa shape index (κ1) is 24.4. The van der Waals surface area contributed by atoms with Crippen LogP contribution in [-0.4, -0.2) is 25.4 Å². The van der Waals surface area contributed by atoms with E-state index in [0.29, 0.717) is 38.7 Å². The van der Waals surface area contributed by atoms with E-state index >= 15 is 0 Å². The largest absolute Gasteiger partial charge is 0.359 e. The highest BCUT2D eigenvalue weighted by molar-refractivity contribution is 6.35. The molecule has 0 saturated heterocycles. The molecule has 37 heavy (non-hydrogen) atoms. The maximum atomic E-state index is 13.7. The molecule has 0 aliphatic heterocycles. The number of rotatable bonds is 6. The standard InChI is InChI=1S/C27H20Cl2N6O2/c1-16(31-23-21(15-30-27(29)34-23)33-25(36)17-9-4-2-5-10-17)24-32-20-14-8-13-19(28)22(20)26(37)35(24)18-11-6-3-7-12-18/h2-16H,1H3,(H,33,36)(H,30,31,34)/t16-/m0/s1. The summed E-state index contributed by atoms with van der Waals surface area (Å²) in [7, 11) is 0. The fourth-order valence-corrected chi connectivity index (χ4v) is 4.32. The minimum Gasteiger partial charge on any atom is -0.359 e. The van der Waals surface area contributed by atoms with E-state index in [9.17, 15) is 9.59 Å². The Bertz CT molecular complexity index is 1660. The summed E-state index contributed by atoms with van der Waals surface area (Å²) in [4.78, 5) is 39.5. The Labute approximate surface area is 221 Å². The molecule has 0 spiro atoms. The lowest BCUT2D eigenvalue weighted by molar-refractivity contribution is 0.102. The molecule has 8 nitrogen and oxygen atoms in total. The number of para-hydroxylation sites is 1. The van der Waals surface area contributed by atoms with Crippen LogP contribution >= 0.6 is 23.2 Å². The molecule has 1 amide bonds. The van der Waals surface area contributed by atoms with Gasteiger partial charge >= 0.3 is 0 Å². The van der Waals surface area contributed by atoms with Gasteiger partial charge in [0.25, 0.3) is 11.5 Å². The Morgan fingerprint density at radius 3 is 2.35 bits per heavy atom. The summed E-state index contributed by atoms with van der Waals surface area (Å²) in [6.07, 6.45) is 1.42. The van der Waals surface area contributed by atoms with Gasteiger partial charge in [-0.25, -0.2) is 9.97 Å². The summed E-state index contributed by atoms with van der Waals surface area (Å²) in [5.41, 5.74) is 1.59. The van der Waals surface area contributed by atoms with Crippen molar-refractivity contribution in [3.05, 3.63) is 117 Å². The van der Waals surface area contributed by atoms with Crippen LogP contribution in [0.4, 0.5) is 11.5 Å². The van der Waals surface area contributed by atoms with Crippen LogP contribution in [0.5, 0.6) is 0 Å². The van der Waals surface area contributed by atoms with Gasteiger partial charge in [-0.15, -0.1) is 0 Å². The van der Waals surface area contributed by atoms with Crippen LogP contribution in [0.1, 0.15) is 29.1 Å². The molecule has 10 heteroatoms. The Hall–Kier alpha value is -4.27. The van der Waals surface area contributed by atoms with Crippen LogP contribution < -0.4 is 16.2 Å². The van der Waals surface area contributed by atoms with Gasteiger partial charge in [0, 0.05) is 5.56 Å². The van der Waals surface area contributed by atoms with Gasteiger partial charge in [0.1, 0.15) is 11.5 Å². The van der Waals surface area contributed by atoms with E-state index in [1.54, 1.807) is 42.5 Å². The summed E-state index contributed by atoms with van der Waals surface area (Å²) in [6, 6.07) is 22.5. The summed E-state index contributed by atoms with van der Waals surface area (Å²) in [6.45, 7) is 1.83. The molecule has 5 rings (SSSR count). The first-order chi connectivity index (χ1) is 17.9. The number of hydrogen-bond donors (Lipinski definition) is 2. The highest BCUT2D eigenvalue weighted by Gasteiger charge is 2.21. The number of aromatic nitrogens is 4. The highest BCUT2D eigenvalue weighted by Crippen LogP contribution is 2.27. The second kappa shape index (κ2) is 10.4. The van der Waals surface area contributed by atoms with Crippen LogP contribution in [0.25, 0.3) is 16.6 Å². The number of halogens is 2. The average Bonchev–Trinajstić information content (AvgIpc) is 2.91. The van der Waals surface area contributed by atoms with Crippen LogP contribution in [0, 0.1) is 0 Å². The Kier molecular flexibility index (Phi) is 6.85. The molecule has 0 fully saturated rings. The maximum Gasteiger partial charge on any atom is 0.267 e.